The minimum Gasteiger partial charge on any atom is -0.386 e. The highest BCUT2D eigenvalue weighted by atomic mass is 79.9. The maximum Gasteiger partial charge on any atom is 0.417 e. The quantitative estimate of drug-likeness (QED) is 0.165. The van der Waals surface area contributed by atoms with Crippen molar-refractivity contribution in [2.75, 3.05) is 30.4 Å². The highest BCUT2D eigenvalue weighted by molar-refractivity contribution is 9.08. The van der Waals surface area contributed by atoms with E-state index in [1.165, 1.54) is 24.8 Å². The van der Waals surface area contributed by atoms with Crippen molar-refractivity contribution in [2.45, 2.75) is 30.8 Å². The molecule has 6 nitrogen and oxygen atoms in total. The number of anilines is 2. The van der Waals surface area contributed by atoms with Gasteiger partial charge in [-0.3, -0.25) is 14.6 Å². The summed E-state index contributed by atoms with van der Waals surface area (Å²) in [6.07, 6.45) is 1.61. The van der Waals surface area contributed by atoms with Crippen LogP contribution in [0.15, 0.2) is 65.7 Å². The third kappa shape index (κ3) is 10.3. The van der Waals surface area contributed by atoms with Gasteiger partial charge in [-0.1, -0.05) is 51.8 Å². The molecule has 11 heteroatoms. The van der Waals surface area contributed by atoms with E-state index in [1.807, 2.05) is 36.4 Å². The van der Waals surface area contributed by atoms with E-state index < -0.39 is 11.7 Å². The Morgan fingerprint density at radius 2 is 1.73 bits per heavy atom. The number of nitrogens with two attached hydrogens (primary N) is 1. The maximum absolute atomic E-state index is 13.0. The maximum atomic E-state index is 13.0. The summed E-state index contributed by atoms with van der Waals surface area (Å²) in [6, 6.07) is 17.2. The van der Waals surface area contributed by atoms with E-state index in [9.17, 15) is 18.0 Å². The number of primary amides is 1. The number of amides is 1. The van der Waals surface area contributed by atoms with Gasteiger partial charge < -0.3 is 16.0 Å². The van der Waals surface area contributed by atoms with Gasteiger partial charge in [0.25, 0.3) is 0 Å². The molecule has 1 fully saturated rings. The number of carbonyl (C=O) groups excluding carboxylic acids is 2. The van der Waals surface area contributed by atoms with E-state index >= 15 is 0 Å². The molecule has 0 radical (unpaired) electrons. The summed E-state index contributed by atoms with van der Waals surface area (Å²) < 4.78 is 39.1. The number of benzene rings is 3. The van der Waals surface area contributed by atoms with Crippen LogP contribution in [0.5, 0.6) is 0 Å². The molecule has 1 saturated heterocycles. The number of nitrogens with one attached hydrogen (secondary N) is 1. The van der Waals surface area contributed by atoms with Crippen LogP contribution in [-0.2, 0) is 16.3 Å². The Bertz CT molecular complexity index is 1280. The van der Waals surface area contributed by atoms with Crippen LogP contribution in [0, 0.1) is 0 Å². The second kappa shape index (κ2) is 16.7. The molecule has 3 N–H and O–H groups in total. The number of nitrogens with zero attached hydrogens (tertiary/aromatic N) is 2. The molecule has 0 unspecified atom stereocenters. The van der Waals surface area contributed by atoms with E-state index in [1.54, 1.807) is 13.1 Å². The Labute approximate surface area is 245 Å². The van der Waals surface area contributed by atoms with Gasteiger partial charge in [0.15, 0.2) is 0 Å². The fourth-order valence-corrected chi connectivity index (χ4v) is 4.49. The number of hydrogen-bond donors (Lipinski definition) is 2. The van der Waals surface area contributed by atoms with Crippen molar-refractivity contribution in [3.05, 3.63) is 87.9 Å². The standard InChI is InChI=1S/C20H21ClF3N3.C8H7BrO.CH3NO/c1-25-18-8-6-15(27-9-3-2-4-10-27)12-19(18)26-13-14-5-7-17(21)16(11-14)20(22,23)24;9-5-7-2-1-3-8(4-7)6-10;2-1-3/h5-8,11-13,25H,2-4,9-10H2,1H3;1-4,6H,5H2;1H,(H2,2,3). The molecule has 1 amide bonds. The van der Waals surface area contributed by atoms with Crippen molar-refractivity contribution in [3.8, 4) is 0 Å². The topological polar surface area (TPSA) is 87.8 Å². The third-order valence-electron chi connectivity index (χ3n) is 5.86. The van der Waals surface area contributed by atoms with E-state index in [-0.39, 0.29) is 11.4 Å². The van der Waals surface area contributed by atoms with Gasteiger partial charge >= 0.3 is 6.18 Å². The van der Waals surface area contributed by atoms with E-state index in [0.29, 0.717) is 11.3 Å². The van der Waals surface area contributed by atoms with Crippen LogP contribution in [0.1, 0.15) is 46.3 Å². The fourth-order valence-electron chi connectivity index (χ4n) is 3.92. The minimum absolute atomic E-state index is 0.250. The molecule has 3 aromatic rings. The van der Waals surface area contributed by atoms with Crippen molar-refractivity contribution < 1.29 is 22.8 Å². The minimum atomic E-state index is -4.49. The number of aldehydes is 1. The van der Waals surface area contributed by atoms with Crippen LogP contribution in [0.4, 0.5) is 30.2 Å². The van der Waals surface area contributed by atoms with Crippen LogP contribution in [-0.4, -0.2) is 39.0 Å². The molecular weight excluding hydrogens is 609 g/mol. The lowest BCUT2D eigenvalue weighted by Gasteiger charge is -2.29. The van der Waals surface area contributed by atoms with Gasteiger partial charge in [0.2, 0.25) is 6.41 Å². The van der Waals surface area contributed by atoms with Gasteiger partial charge in [-0.2, -0.15) is 13.2 Å². The Hall–Kier alpha value is -3.37. The van der Waals surface area contributed by atoms with Crippen LogP contribution in [0.3, 0.4) is 0 Å². The van der Waals surface area contributed by atoms with Gasteiger partial charge in [-0.05, 0) is 66.8 Å². The predicted molar refractivity (Wildman–Crippen MR) is 160 cm³/mol. The summed E-state index contributed by atoms with van der Waals surface area (Å²) in [5.41, 5.74) is 8.09. The second-order valence-electron chi connectivity index (χ2n) is 8.63. The first-order valence-corrected chi connectivity index (χ1v) is 13.9. The molecule has 0 aromatic heterocycles. The molecule has 3 aromatic carbocycles. The van der Waals surface area contributed by atoms with E-state index in [4.69, 9.17) is 16.4 Å². The number of alkyl halides is 4. The van der Waals surface area contributed by atoms with Crippen molar-refractivity contribution in [2.24, 2.45) is 10.7 Å². The first-order chi connectivity index (χ1) is 19.2. The highest BCUT2D eigenvalue weighted by Crippen LogP contribution is 2.35. The molecule has 0 atom stereocenters. The summed E-state index contributed by atoms with van der Waals surface area (Å²) in [5, 5.41) is 3.56. The summed E-state index contributed by atoms with van der Waals surface area (Å²) in [4.78, 5) is 25.6. The van der Waals surface area contributed by atoms with E-state index in [2.05, 4.69) is 36.9 Å². The molecule has 0 bridgehead atoms. The molecule has 1 aliphatic rings. The van der Waals surface area contributed by atoms with Crippen molar-refractivity contribution >= 4 is 63.5 Å². The Kier molecular flexibility index (Phi) is 13.7. The largest absolute Gasteiger partial charge is 0.417 e. The average molecular weight is 640 g/mol. The van der Waals surface area contributed by atoms with Crippen LogP contribution in [0.2, 0.25) is 5.02 Å². The van der Waals surface area contributed by atoms with Crippen molar-refractivity contribution in [3.63, 3.8) is 0 Å². The number of piperidine rings is 1. The first kappa shape index (κ1) is 32.8. The number of hydrogen-bond acceptors (Lipinski definition) is 5. The molecule has 40 heavy (non-hydrogen) atoms. The molecule has 0 aliphatic carbocycles. The smallest absolute Gasteiger partial charge is 0.386 e. The Morgan fingerprint density at radius 1 is 1.02 bits per heavy atom. The molecule has 1 aliphatic heterocycles. The highest BCUT2D eigenvalue weighted by Gasteiger charge is 2.33. The average Bonchev–Trinajstić information content (AvgIpc) is 2.97. The van der Waals surface area contributed by atoms with Crippen LogP contribution in [0.25, 0.3) is 0 Å². The van der Waals surface area contributed by atoms with Crippen LogP contribution >= 0.6 is 27.5 Å². The van der Waals surface area contributed by atoms with Crippen molar-refractivity contribution in [1.29, 1.82) is 0 Å². The number of rotatable bonds is 6. The van der Waals surface area contributed by atoms with Gasteiger partial charge in [-0.15, -0.1) is 0 Å². The third-order valence-corrected chi connectivity index (χ3v) is 6.84. The van der Waals surface area contributed by atoms with Gasteiger partial charge in [0.05, 0.1) is 22.0 Å². The molecular formula is C29H31BrClF3N4O2. The zero-order valence-corrected chi connectivity index (χ0v) is 24.3. The first-order valence-electron chi connectivity index (χ1n) is 12.4. The summed E-state index contributed by atoms with van der Waals surface area (Å²) in [7, 11) is 1.79. The van der Waals surface area contributed by atoms with Crippen LogP contribution < -0.4 is 16.0 Å². The van der Waals surface area contributed by atoms with Crippen molar-refractivity contribution in [1.82, 2.24) is 0 Å². The van der Waals surface area contributed by atoms with Gasteiger partial charge in [0.1, 0.15) is 6.29 Å². The normalized spacial score (nSPS) is 13.0. The number of halogens is 5. The molecule has 214 valence electrons. The number of carbonyl (C=O) groups is 2. The lowest BCUT2D eigenvalue weighted by molar-refractivity contribution is -0.137. The fraction of sp³-hybridized carbons (Fsp3) is 0.276. The molecule has 4 rings (SSSR count). The molecule has 1 heterocycles. The Morgan fingerprint density at radius 3 is 2.33 bits per heavy atom. The predicted octanol–water partition coefficient (Wildman–Crippen LogP) is 7.64. The zero-order chi connectivity index (χ0) is 29.5. The zero-order valence-electron chi connectivity index (χ0n) is 21.9. The summed E-state index contributed by atoms with van der Waals surface area (Å²) >= 11 is 8.98. The SMILES string of the molecule is CNc1ccc(N2CCCCC2)cc1N=Cc1ccc(Cl)c(C(F)(F)F)c1.NC=O.O=Cc1cccc(CBr)c1. The summed E-state index contributed by atoms with van der Waals surface area (Å²) in [6.45, 7) is 2.02. The molecule has 0 spiro atoms. The monoisotopic (exact) mass is 638 g/mol. The van der Waals surface area contributed by atoms with Gasteiger partial charge in [0, 0.05) is 42.9 Å². The molecule has 0 saturated carbocycles. The number of aliphatic imine (C=N–C) groups is 1. The lowest BCUT2D eigenvalue weighted by Crippen LogP contribution is -2.29. The van der Waals surface area contributed by atoms with Gasteiger partial charge in [-0.25, -0.2) is 0 Å². The van der Waals surface area contributed by atoms with E-state index in [0.717, 1.165) is 66.1 Å². The second-order valence-corrected chi connectivity index (χ2v) is 9.59. The Balaban J connectivity index is 0.000000358. The summed E-state index contributed by atoms with van der Waals surface area (Å²) in [5.74, 6) is 0. The lowest BCUT2D eigenvalue weighted by atomic mass is 10.1.